The summed E-state index contributed by atoms with van der Waals surface area (Å²) in [7, 11) is 2.02. The van der Waals surface area contributed by atoms with Crippen LogP contribution < -0.4 is 16.0 Å². The summed E-state index contributed by atoms with van der Waals surface area (Å²) < 4.78 is 0. The Morgan fingerprint density at radius 1 is 1.07 bits per heavy atom. The average Bonchev–Trinajstić information content (AvgIpc) is 2.73. The maximum absolute atomic E-state index is 13.3. The number of fused-ring (bicyclic) bond motifs is 1. The minimum atomic E-state index is -0.0277. The van der Waals surface area contributed by atoms with E-state index in [9.17, 15) is 9.59 Å². The van der Waals surface area contributed by atoms with Gasteiger partial charge in [0.15, 0.2) is 0 Å². The molecule has 164 valence electrons. The van der Waals surface area contributed by atoms with Crippen LogP contribution in [-0.4, -0.2) is 61.0 Å². The Kier molecular flexibility index (Phi) is 6.50. The highest BCUT2D eigenvalue weighted by atomic mass is 16.2. The normalized spacial score (nSPS) is 43.6. The van der Waals surface area contributed by atoms with Gasteiger partial charge < -0.3 is 20.9 Å². The molecule has 3 heterocycles. The molecule has 8 unspecified atom stereocenters. The van der Waals surface area contributed by atoms with E-state index in [1.807, 2.05) is 7.05 Å². The molecule has 3 N–H and O–H groups in total. The third kappa shape index (κ3) is 4.48. The average molecular weight is 405 g/mol. The monoisotopic (exact) mass is 404 g/mol. The second kappa shape index (κ2) is 8.93. The lowest BCUT2D eigenvalue weighted by molar-refractivity contribution is -0.148. The summed E-state index contributed by atoms with van der Waals surface area (Å²) in [6, 6.07) is 1.07. The molecule has 6 nitrogen and oxygen atoms in total. The van der Waals surface area contributed by atoms with Crippen LogP contribution >= 0.6 is 0 Å². The molecule has 0 bridgehead atoms. The topological polar surface area (TPSA) is 73.5 Å². The molecule has 0 aromatic carbocycles. The van der Waals surface area contributed by atoms with Crippen LogP contribution in [0.4, 0.5) is 0 Å². The van der Waals surface area contributed by atoms with Gasteiger partial charge in [0, 0.05) is 37.6 Å². The molecule has 0 aromatic heterocycles. The zero-order valence-electron chi connectivity index (χ0n) is 18.5. The first-order valence-corrected chi connectivity index (χ1v) is 12.0. The summed E-state index contributed by atoms with van der Waals surface area (Å²) in [4.78, 5) is 28.1. The van der Waals surface area contributed by atoms with Crippen LogP contribution in [0, 0.1) is 23.7 Å². The molecule has 0 radical (unpaired) electrons. The largest absolute Gasteiger partial charge is 0.352 e. The third-order valence-electron chi connectivity index (χ3n) is 8.33. The first-order valence-electron chi connectivity index (χ1n) is 12.0. The van der Waals surface area contributed by atoms with Crippen LogP contribution in [0.5, 0.6) is 0 Å². The summed E-state index contributed by atoms with van der Waals surface area (Å²) in [5.41, 5.74) is 0. The zero-order valence-corrected chi connectivity index (χ0v) is 18.5. The molecule has 4 rings (SSSR count). The fourth-order valence-electron chi connectivity index (χ4n) is 6.48. The Balaban J connectivity index is 1.40. The van der Waals surface area contributed by atoms with Crippen molar-refractivity contribution in [3.05, 3.63) is 0 Å². The maximum atomic E-state index is 13.3. The number of nitrogens with zero attached hydrogens (tertiary/aromatic N) is 1. The summed E-state index contributed by atoms with van der Waals surface area (Å²) in [5, 5.41) is 10.3. The predicted octanol–water partition coefficient (Wildman–Crippen LogP) is 1.89. The van der Waals surface area contributed by atoms with Crippen LogP contribution in [0.3, 0.4) is 0 Å². The fraction of sp³-hybridized carbons (Fsp3) is 0.913. The zero-order chi connectivity index (χ0) is 20.5. The van der Waals surface area contributed by atoms with Crippen LogP contribution in [0.2, 0.25) is 0 Å². The molecule has 4 fully saturated rings. The van der Waals surface area contributed by atoms with Crippen molar-refractivity contribution < 1.29 is 9.59 Å². The number of likely N-dealkylation sites (tertiary alicyclic amines) is 1. The molecule has 1 saturated carbocycles. The predicted molar refractivity (Wildman–Crippen MR) is 114 cm³/mol. The fourth-order valence-corrected chi connectivity index (χ4v) is 6.48. The number of hydrogen-bond donors (Lipinski definition) is 3. The van der Waals surface area contributed by atoms with Crippen LogP contribution in [0.25, 0.3) is 0 Å². The number of nitrogens with one attached hydrogen (secondary N) is 3. The lowest BCUT2D eigenvalue weighted by atomic mass is 9.65. The molecular weight excluding hydrogens is 364 g/mol. The van der Waals surface area contributed by atoms with E-state index in [4.69, 9.17) is 0 Å². The van der Waals surface area contributed by atoms with Crippen molar-refractivity contribution in [1.29, 1.82) is 0 Å². The minimum absolute atomic E-state index is 0.0277. The van der Waals surface area contributed by atoms with E-state index in [1.54, 1.807) is 0 Å². The van der Waals surface area contributed by atoms with Gasteiger partial charge in [0.25, 0.3) is 0 Å². The Bertz CT molecular complexity index is 606. The van der Waals surface area contributed by atoms with Crippen molar-refractivity contribution in [2.45, 2.75) is 89.4 Å². The van der Waals surface area contributed by atoms with Crippen molar-refractivity contribution >= 4 is 11.8 Å². The van der Waals surface area contributed by atoms with Gasteiger partial charge in [-0.2, -0.15) is 0 Å². The van der Waals surface area contributed by atoms with Crippen molar-refractivity contribution in [3.8, 4) is 0 Å². The van der Waals surface area contributed by atoms with Crippen LogP contribution in [-0.2, 0) is 9.59 Å². The number of rotatable bonds is 3. The molecule has 2 amide bonds. The van der Waals surface area contributed by atoms with Gasteiger partial charge in [-0.3, -0.25) is 9.59 Å². The first-order chi connectivity index (χ1) is 13.9. The third-order valence-corrected chi connectivity index (χ3v) is 8.33. The van der Waals surface area contributed by atoms with E-state index in [0.717, 1.165) is 58.0 Å². The summed E-state index contributed by atoms with van der Waals surface area (Å²) in [5.74, 6) is 2.11. The smallest absolute Gasteiger partial charge is 0.237 e. The molecule has 3 aliphatic heterocycles. The lowest BCUT2D eigenvalue weighted by Gasteiger charge is -2.50. The van der Waals surface area contributed by atoms with Crippen molar-refractivity contribution in [2.75, 3.05) is 20.1 Å². The second-order valence-corrected chi connectivity index (χ2v) is 10.3. The molecule has 8 atom stereocenters. The van der Waals surface area contributed by atoms with Crippen LogP contribution in [0.1, 0.15) is 65.2 Å². The first kappa shape index (κ1) is 21.1. The number of hydrogen-bond acceptors (Lipinski definition) is 4. The molecule has 0 spiro atoms. The van der Waals surface area contributed by atoms with Gasteiger partial charge in [-0.1, -0.05) is 13.3 Å². The quantitative estimate of drug-likeness (QED) is 0.672. The van der Waals surface area contributed by atoms with E-state index in [-0.39, 0.29) is 23.9 Å². The molecule has 29 heavy (non-hydrogen) atoms. The summed E-state index contributed by atoms with van der Waals surface area (Å²) >= 11 is 0. The molecule has 4 aliphatic rings. The van der Waals surface area contributed by atoms with Gasteiger partial charge in [-0.15, -0.1) is 0 Å². The van der Waals surface area contributed by atoms with Crippen molar-refractivity contribution in [2.24, 2.45) is 23.7 Å². The van der Waals surface area contributed by atoms with Gasteiger partial charge in [-0.05, 0) is 76.2 Å². The molecular formula is C23H40N4O2. The molecule has 0 aromatic rings. The Morgan fingerprint density at radius 2 is 1.90 bits per heavy atom. The highest BCUT2D eigenvalue weighted by Gasteiger charge is 2.47. The van der Waals surface area contributed by atoms with Gasteiger partial charge >= 0.3 is 0 Å². The standard InChI is InChI=1S/C23H40N4O2/c1-14-7-8-17(26-22(28)20-6-4-5-9-24-20)12-18(14)19-11-16-13-25-15(2)10-21(16)27(3)23(19)29/h14-21,24-25H,4-13H2,1-3H3,(H,26,28). The Morgan fingerprint density at radius 3 is 2.66 bits per heavy atom. The second-order valence-electron chi connectivity index (χ2n) is 10.3. The Labute approximate surface area is 175 Å². The van der Waals surface area contributed by atoms with E-state index in [2.05, 4.69) is 34.7 Å². The number of amides is 2. The van der Waals surface area contributed by atoms with E-state index in [0.29, 0.717) is 35.7 Å². The van der Waals surface area contributed by atoms with Gasteiger partial charge in [0.1, 0.15) is 0 Å². The number of piperidine rings is 3. The van der Waals surface area contributed by atoms with Gasteiger partial charge in [0.05, 0.1) is 6.04 Å². The van der Waals surface area contributed by atoms with Gasteiger partial charge in [0.2, 0.25) is 11.8 Å². The highest BCUT2D eigenvalue weighted by Crippen LogP contribution is 2.43. The molecule has 1 aliphatic carbocycles. The molecule has 6 heteroatoms. The summed E-state index contributed by atoms with van der Waals surface area (Å²) in [6.07, 6.45) is 8.40. The SMILES string of the molecule is CC1CC2C(CN1)CC(C1CC(NC(=O)C3CCCCN3)CCC1C)C(=O)N2C. The van der Waals surface area contributed by atoms with Crippen LogP contribution in [0.15, 0.2) is 0 Å². The summed E-state index contributed by atoms with van der Waals surface area (Å²) in [6.45, 7) is 6.50. The van der Waals surface area contributed by atoms with Crippen molar-refractivity contribution in [3.63, 3.8) is 0 Å². The lowest BCUT2D eigenvalue weighted by Crippen LogP contribution is -2.60. The Hall–Kier alpha value is -1.14. The van der Waals surface area contributed by atoms with E-state index >= 15 is 0 Å². The van der Waals surface area contributed by atoms with E-state index < -0.39 is 0 Å². The maximum Gasteiger partial charge on any atom is 0.237 e. The number of carbonyl (C=O) groups excluding carboxylic acids is 2. The molecule has 3 saturated heterocycles. The number of carbonyl (C=O) groups is 2. The van der Waals surface area contributed by atoms with E-state index in [1.165, 1.54) is 6.42 Å². The van der Waals surface area contributed by atoms with Gasteiger partial charge in [-0.25, -0.2) is 0 Å². The van der Waals surface area contributed by atoms with Crippen molar-refractivity contribution in [1.82, 2.24) is 20.9 Å². The highest BCUT2D eigenvalue weighted by molar-refractivity contribution is 5.82. The minimum Gasteiger partial charge on any atom is -0.352 e.